The summed E-state index contributed by atoms with van der Waals surface area (Å²) in [5.41, 5.74) is 3.83. The largest absolute Gasteiger partial charge is 0.408 e. The van der Waals surface area contributed by atoms with Gasteiger partial charge in [-0.1, -0.05) is 11.8 Å². The molecule has 0 amide bonds. The topological polar surface area (TPSA) is 187 Å². The van der Waals surface area contributed by atoms with Gasteiger partial charge < -0.3 is 25.8 Å². The Labute approximate surface area is 207 Å². The molecule has 2 fully saturated rings. The van der Waals surface area contributed by atoms with Gasteiger partial charge in [0.2, 0.25) is 0 Å². The van der Waals surface area contributed by atoms with Crippen molar-refractivity contribution in [1.82, 2.24) is 14.2 Å². The fourth-order valence-electron chi connectivity index (χ4n) is 3.58. The molecular weight excluding hydrogens is 503 g/mol. The molecule has 3 heterocycles. The van der Waals surface area contributed by atoms with Crippen LogP contribution in [0.25, 0.3) is 0 Å². The molecule has 0 saturated carbocycles. The van der Waals surface area contributed by atoms with Crippen molar-refractivity contribution in [2.24, 2.45) is 5.41 Å². The van der Waals surface area contributed by atoms with E-state index in [2.05, 4.69) is 4.98 Å². The van der Waals surface area contributed by atoms with Gasteiger partial charge in [-0.15, -0.1) is 0 Å². The quantitative estimate of drug-likeness (QED) is 0.218. The minimum absolute atomic E-state index is 0.00246. The van der Waals surface area contributed by atoms with Crippen LogP contribution in [-0.4, -0.2) is 91.6 Å². The van der Waals surface area contributed by atoms with Crippen LogP contribution < -0.4 is 11.4 Å². The SMILES string of the molecule is CC(C)(CO)C(=O)SCCOP(=O)(OC[C@H]1O[C@@H](n2ccc(N)nc2=O)[C@@H](O)C1O)N1CCCC1. The van der Waals surface area contributed by atoms with Crippen LogP contribution in [0.1, 0.15) is 32.9 Å². The number of anilines is 1. The second-order valence-electron chi connectivity index (χ2n) is 9.02. The Balaban J connectivity index is 1.61. The van der Waals surface area contributed by atoms with E-state index in [9.17, 15) is 29.5 Å². The summed E-state index contributed by atoms with van der Waals surface area (Å²) >= 11 is 0.971. The number of hydrogen-bond acceptors (Lipinski definition) is 12. The lowest BCUT2D eigenvalue weighted by Crippen LogP contribution is -2.36. The number of nitrogen functional groups attached to an aromatic ring is 1. The Morgan fingerprint density at radius 3 is 2.63 bits per heavy atom. The van der Waals surface area contributed by atoms with Crippen molar-refractivity contribution in [1.29, 1.82) is 0 Å². The van der Waals surface area contributed by atoms with Crippen molar-refractivity contribution < 1.29 is 38.5 Å². The highest BCUT2D eigenvalue weighted by molar-refractivity contribution is 8.13. The molecule has 0 radical (unpaired) electrons. The van der Waals surface area contributed by atoms with Gasteiger partial charge in [0.05, 0.1) is 25.2 Å². The molecule has 3 rings (SSSR count). The summed E-state index contributed by atoms with van der Waals surface area (Å²) in [6.07, 6.45) is -2.30. The first-order valence-electron chi connectivity index (χ1n) is 11.3. The Morgan fingerprint density at radius 2 is 2.00 bits per heavy atom. The van der Waals surface area contributed by atoms with Crippen molar-refractivity contribution in [2.75, 3.05) is 44.4 Å². The number of aliphatic hydroxyl groups is 3. The maximum absolute atomic E-state index is 13.6. The number of rotatable bonds is 11. The van der Waals surface area contributed by atoms with E-state index in [1.54, 1.807) is 18.5 Å². The van der Waals surface area contributed by atoms with Crippen molar-refractivity contribution in [3.63, 3.8) is 0 Å². The fourth-order valence-corrected chi connectivity index (χ4v) is 6.34. The van der Waals surface area contributed by atoms with Crippen LogP contribution in [0.15, 0.2) is 17.1 Å². The lowest BCUT2D eigenvalue weighted by atomic mass is 9.97. The molecule has 2 unspecified atom stereocenters. The molecule has 1 aromatic rings. The van der Waals surface area contributed by atoms with Crippen LogP contribution >= 0.6 is 19.5 Å². The van der Waals surface area contributed by atoms with E-state index < -0.39 is 43.4 Å². The van der Waals surface area contributed by atoms with Crippen molar-refractivity contribution in [3.05, 3.63) is 22.7 Å². The summed E-state index contributed by atoms with van der Waals surface area (Å²) in [5, 5.41) is 30.0. The molecule has 5 N–H and O–H groups in total. The Morgan fingerprint density at radius 1 is 1.31 bits per heavy atom. The molecule has 1 aromatic heterocycles. The van der Waals surface area contributed by atoms with Gasteiger partial charge in [0.15, 0.2) is 11.3 Å². The Kier molecular flexibility index (Phi) is 9.51. The van der Waals surface area contributed by atoms with Crippen molar-refractivity contribution in [2.45, 2.75) is 51.2 Å². The molecule has 35 heavy (non-hydrogen) atoms. The Hall–Kier alpha value is -1.35. The lowest BCUT2D eigenvalue weighted by molar-refractivity contribution is -0.119. The minimum Gasteiger partial charge on any atom is -0.395 e. The van der Waals surface area contributed by atoms with Gasteiger partial charge in [-0.3, -0.25) is 18.4 Å². The third-order valence-electron chi connectivity index (χ3n) is 5.81. The van der Waals surface area contributed by atoms with Crippen LogP contribution in [0, 0.1) is 5.41 Å². The normalized spacial score (nSPS) is 27.2. The van der Waals surface area contributed by atoms with E-state index >= 15 is 0 Å². The average molecular weight is 537 g/mol. The average Bonchev–Trinajstić information content (AvgIpc) is 3.46. The first kappa shape index (κ1) is 28.2. The van der Waals surface area contributed by atoms with Crippen molar-refractivity contribution in [3.8, 4) is 0 Å². The zero-order chi connectivity index (χ0) is 25.8. The Bertz CT molecular complexity index is 988. The highest BCUT2D eigenvalue weighted by Crippen LogP contribution is 2.54. The summed E-state index contributed by atoms with van der Waals surface area (Å²) in [5.74, 6) is 0.211. The number of thioether (sulfide) groups is 1. The van der Waals surface area contributed by atoms with Gasteiger partial charge in [-0.05, 0) is 32.8 Å². The van der Waals surface area contributed by atoms with E-state index in [-0.39, 0.29) is 36.5 Å². The first-order chi connectivity index (χ1) is 16.5. The predicted octanol–water partition coefficient (Wildman–Crippen LogP) is -0.0399. The van der Waals surface area contributed by atoms with E-state index in [4.69, 9.17) is 19.5 Å². The van der Waals surface area contributed by atoms with Gasteiger partial charge in [0.1, 0.15) is 24.1 Å². The number of carbonyl (C=O) groups is 1. The summed E-state index contributed by atoms with van der Waals surface area (Å²) < 4.78 is 33.1. The second-order valence-corrected chi connectivity index (χ2v) is 12.1. The van der Waals surface area contributed by atoms with Gasteiger partial charge in [-0.2, -0.15) is 4.98 Å². The molecule has 2 saturated heterocycles. The van der Waals surface area contributed by atoms with Gasteiger partial charge in [0, 0.05) is 25.0 Å². The molecule has 15 heteroatoms. The number of aliphatic hydroxyl groups excluding tert-OH is 3. The van der Waals surface area contributed by atoms with Gasteiger partial charge in [-0.25, -0.2) is 14.0 Å². The third kappa shape index (κ3) is 6.70. The molecule has 0 aliphatic carbocycles. The van der Waals surface area contributed by atoms with Crippen LogP contribution in [0.4, 0.5) is 5.82 Å². The molecule has 0 spiro atoms. The number of nitrogens with zero attached hydrogens (tertiary/aromatic N) is 3. The third-order valence-corrected chi connectivity index (χ3v) is 9.08. The number of carbonyl (C=O) groups excluding carboxylic acids is 1. The molecule has 0 bridgehead atoms. The van der Waals surface area contributed by atoms with E-state index in [1.807, 2.05) is 0 Å². The van der Waals surface area contributed by atoms with E-state index in [0.29, 0.717) is 13.1 Å². The summed E-state index contributed by atoms with van der Waals surface area (Å²) in [7, 11) is -3.79. The molecule has 0 aromatic carbocycles. The molecule has 13 nitrogen and oxygen atoms in total. The van der Waals surface area contributed by atoms with E-state index in [1.165, 1.54) is 12.3 Å². The van der Waals surface area contributed by atoms with Gasteiger partial charge in [0.25, 0.3) is 0 Å². The summed E-state index contributed by atoms with van der Waals surface area (Å²) in [4.78, 5) is 27.9. The van der Waals surface area contributed by atoms with Crippen LogP contribution in [0.5, 0.6) is 0 Å². The lowest BCUT2D eigenvalue weighted by Gasteiger charge is -2.28. The smallest absolute Gasteiger partial charge is 0.395 e. The highest BCUT2D eigenvalue weighted by Gasteiger charge is 2.46. The zero-order valence-corrected chi connectivity index (χ0v) is 21.4. The monoisotopic (exact) mass is 536 g/mol. The number of aromatic nitrogens is 2. The minimum atomic E-state index is -3.79. The first-order valence-corrected chi connectivity index (χ1v) is 13.8. The molecule has 2 aliphatic rings. The van der Waals surface area contributed by atoms with Crippen molar-refractivity contribution >= 4 is 30.4 Å². The second kappa shape index (κ2) is 11.8. The maximum Gasteiger partial charge on any atom is 0.408 e. The number of nitrogens with two attached hydrogens (primary N) is 1. The summed E-state index contributed by atoms with van der Waals surface area (Å²) in [6, 6.07) is 1.35. The van der Waals surface area contributed by atoms with Crippen LogP contribution in [0.2, 0.25) is 0 Å². The molecular formula is C20H33N4O9PS. The zero-order valence-electron chi connectivity index (χ0n) is 19.7. The number of hydrogen-bond donors (Lipinski definition) is 4. The predicted molar refractivity (Wildman–Crippen MR) is 127 cm³/mol. The summed E-state index contributed by atoms with van der Waals surface area (Å²) in [6.45, 7) is 3.54. The molecule has 2 aliphatic heterocycles. The molecule has 5 atom stereocenters. The van der Waals surface area contributed by atoms with Crippen LogP contribution in [0.3, 0.4) is 0 Å². The van der Waals surface area contributed by atoms with Gasteiger partial charge >= 0.3 is 13.4 Å². The number of ether oxygens (including phenoxy) is 1. The van der Waals surface area contributed by atoms with E-state index in [0.717, 1.165) is 29.2 Å². The standard InChI is InChI=1S/C20H33N4O9PS/c1-20(2,12-25)18(28)35-10-9-31-34(30,23-6-3-4-7-23)32-11-13-15(26)16(27)17(33-13)24-8-5-14(21)22-19(24)29/h5,8,13,15-17,25-27H,3-4,6-7,9-12H2,1-2H3,(H2,21,22,29)/t13-,15?,16+,17-,34?/m1/s1. The highest BCUT2D eigenvalue weighted by atomic mass is 32.2. The molecule has 198 valence electrons. The maximum atomic E-state index is 13.6. The van der Waals surface area contributed by atoms with Crippen LogP contribution in [-0.2, 0) is 23.1 Å². The fraction of sp³-hybridized carbons (Fsp3) is 0.750.